The van der Waals surface area contributed by atoms with E-state index in [0.717, 1.165) is 37.9 Å². The molecule has 0 radical (unpaired) electrons. The molecule has 1 aliphatic carbocycles. The van der Waals surface area contributed by atoms with Crippen LogP contribution in [-0.4, -0.2) is 29.9 Å². The summed E-state index contributed by atoms with van der Waals surface area (Å²) in [6.45, 7) is 4.81. The van der Waals surface area contributed by atoms with Crippen molar-refractivity contribution < 1.29 is 9.18 Å². The zero-order valence-corrected chi connectivity index (χ0v) is 17.8. The average Bonchev–Trinajstić information content (AvgIpc) is 3.09. The molecular formula is C22H28ClFN2OS. The van der Waals surface area contributed by atoms with Gasteiger partial charge in [-0.1, -0.05) is 19.1 Å². The van der Waals surface area contributed by atoms with E-state index in [2.05, 4.69) is 27.0 Å². The van der Waals surface area contributed by atoms with E-state index in [1.807, 2.05) is 13.0 Å². The molecule has 4 rings (SSSR count). The molecule has 2 aliphatic rings. The molecule has 1 saturated heterocycles. The summed E-state index contributed by atoms with van der Waals surface area (Å²) in [4.78, 5) is 15.4. The fraction of sp³-hybridized carbons (Fsp3) is 0.500. The summed E-state index contributed by atoms with van der Waals surface area (Å²) < 4.78 is 13.6. The van der Waals surface area contributed by atoms with Crippen molar-refractivity contribution in [3.63, 3.8) is 0 Å². The lowest BCUT2D eigenvalue weighted by molar-refractivity contribution is -0.133. The Bertz CT molecular complexity index is 792. The lowest BCUT2D eigenvalue weighted by atomic mass is 9.93. The zero-order valence-electron chi connectivity index (χ0n) is 16.2. The number of hydrogen-bond acceptors (Lipinski definition) is 3. The SMILES string of the molecule is CC(CC(=O)N(Cc1ccsc1)C1CC12CCNCC2)c1cccc(F)c1.Cl. The van der Waals surface area contributed by atoms with Gasteiger partial charge in [0, 0.05) is 19.0 Å². The fourth-order valence-electron chi connectivity index (χ4n) is 4.49. The van der Waals surface area contributed by atoms with E-state index < -0.39 is 0 Å². The van der Waals surface area contributed by atoms with Gasteiger partial charge in [-0.05, 0) is 83.8 Å². The fourth-order valence-corrected chi connectivity index (χ4v) is 5.15. The van der Waals surface area contributed by atoms with Gasteiger partial charge in [-0.2, -0.15) is 11.3 Å². The summed E-state index contributed by atoms with van der Waals surface area (Å²) in [6, 6.07) is 9.10. The van der Waals surface area contributed by atoms with Crippen LogP contribution < -0.4 is 5.32 Å². The molecule has 0 bridgehead atoms. The number of halogens is 2. The Morgan fingerprint density at radius 2 is 2.14 bits per heavy atom. The maximum atomic E-state index is 13.6. The second kappa shape index (κ2) is 8.93. The minimum Gasteiger partial charge on any atom is -0.335 e. The number of carbonyl (C=O) groups is 1. The van der Waals surface area contributed by atoms with Crippen molar-refractivity contribution in [2.45, 2.75) is 51.1 Å². The highest BCUT2D eigenvalue weighted by atomic mass is 35.5. The van der Waals surface area contributed by atoms with Crippen LogP contribution in [-0.2, 0) is 11.3 Å². The summed E-state index contributed by atoms with van der Waals surface area (Å²) in [6.07, 6.45) is 3.87. The minimum absolute atomic E-state index is 0. The number of piperidine rings is 1. The Balaban J connectivity index is 0.00000225. The molecule has 152 valence electrons. The summed E-state index contributed by atoms with van der Waals surface area (Å²) in [7, 11) is 0. The van der Waals surface area contributed by atoms with Gasteiger partial charge in [-0.3, -0.25) is 4.79 Å². The van der Waals surface area contributed by atoms with E-state index in [9.17, 15) is 9.18 Å². The van der Waals surface area contributed by atoms with Gasteiger partial charge in [0.15, 0.2) is 0 Å². The predicted octanol–water partition coefficient (Wildman–Crippen LogP) is 4.97. The number of amides is 1. The lowest BCUT2D eigenvalue weighted by Crippen LogP contribution is -2.39. The number of nitrogens with zero attached hydrogens (tertiary/aromatic N) is 1. The summed E-state index contributed by atoms with van der Waals surface area (Å²) >= 11 is 1.68. The molecular weight excluding hydrogens is 395 g/mol. The maximum absolute atomic E-state index is 13.6. The number of nitrogens with one attached hydrogen (secondary N) is 1. The van der Waals surface area contributed by atoms with Crippen molar-refractivity contribution in [2.75, 3.05) is 13.1 Å². The number of rotatable bonds is 6. The topological polar surface area (TPSA) is 32.3 Å². The molecule has 2 unspecified atom stereocenters. The third kappa shape index (κ3) is 4.58. The Kier molecular flexibility index (Phi) is 6.79. The normalized spacial score (nSPS) is 21.0. The highest BCUT2D eigenvalue weighted by Crippen LogP contribution is 2.56. The number of carbonyl (C=O) groups excluding carboxylic acids is 1. The van der Waals surface area contributed by atoms with Gasteiger partial charge in [0.1, 0.15) is 5.82 Å². The quantitative estimate of drug-likeness (QED) is 0.712. The molecule has 1 spiro atoms. The van der Waals surface area contributed by atoms with Crippen molar-refractivity contribution in [1.82, 2.24) is 10.2 Å². The molecule has 28 heavy (non-hydrogen) atoms. The zero-order chi connectivity index (χ0) is 18.9. The molecule has 1 aromatic carbocycles. The predicted molar refractivity (Wildman–Crippen MR) is 114 cm³/mol. The standard InChI is InChI=1S/C22H27FN2OS.ClH/c1-16(18-3-2-4-19(23)12-18)11-21(26)25(14-17-5-10-27-15-17)20-13-22(20)6-8-24-9-7-22;/h2-5,10,12,15-16,20,24H,6-9,11,13-14H2,1H3;1H. The number of thiophene rings is 1. The minimum atomic E-state index is -0.238. The van der Waals surface area contributed by atoms with Crippen LogP contribution in [0.15, 0.2) is 41.1 Å². The Labute approximate surface area is 176 Å². The molecule has 2 fully saturated rings. The summed E-state index contributed by atoms with van der Waals surface area (Å²) in [5.41, 5.74) is 2.42. The van der Waals surface area contributed by atoms with Crippen LogP contribution in [0.3, 0.4) is 0 Å². The summed E-state index contributed by atoms with van der Waals surface area (Å²) in [5.74, 6) is -0.0305. The summed E-state index contributed by atoms with van der Waals surface area (Å²) in [5, 5.41) is 7.64. The van der Waals surface area contributed by atoms with Crippen LogP contribution in [0.4, 0.5) is 4.39 Å². The van der Waals surface area contributed by atoms with E-state index >= 15 is 0 Å². The van der Waals surface area contributed by atoms with Crippen LogP contribution in [0.5, 0.6) is 0 Å². The highest BCUT2D eigenvalue weighted by molar-refractivity contribution is 7.07. The van der Waals surface area contributed by atoms with Gasteiger partial charge in [0.2, 0.25) is 5.91 Å². The smallest absolute Gasteiger partial charge is 0.223 e. The van der Waals surface area contributed by atoms with E-state index in [1.54, 1.807) is 23.5 Å². The molecule has 1 saturated carbocycles. The first kappa shape index (κ1) is 21.3. The van der Waals surface area contributed by atoms with Crippen LogP contribution in [0.2, 0.25) is 0 Å². The second-order valence-electron chi connectivity index (χ2n) is 8.15. The Morgan fingerprint density at radius 3 is 2.82 bits per heavy atom. The van der Waals surface area contributed by atoms with Gasteiger partial charge in [-0.15, -0.1) is 12.4 Å². The molecule has 3 nitrogen and oxygen atoms in total. The largest absolute Gasteiger partial charge is 0.335 e. The van der Waals surface area contributed by atoms with Crippen molar-refractivity contribution >= 4 is 29.7 Å². The van der Waals surface area contributed by atoms with Gasteiger partial charge < -0.3 is 10.2 Å². The van der Waals surface area contributed by atoms with Gasteiger partial charge in [-0.25, -0.2) is 4.39 Å². The van der Waals surface area contributed by atoms with Crippen molar-refractivity contribution in [1.29, 1.82) is 0 Å². The lowest BCUT2D eigenvalue weighted by Gasteiger charge is -2.30. The Hall–Kier alpha value is -1.43. The molecule has 1 amide bonds. The van der Waals surface area contributed by atoms with Crippen LogP contribution in [0, 0.1) is 11.2 Å². The van der Waals surface area contributed by atoms with E-state index in [-0.39, 0.29) is 30.0 Å². The first-order chi connectivity index (χ1) is 13.1. The molecule has 2 heterocycles. The molecule has 2 atom stereocenters. The average molecular weight is 423 g/mol. The Morgan fingerprint density at radius 1 is 1.36 bits per heavy atom. The van der Waals surface area contributed by atoms with Crippen molar-refractivity contribution in [3.8, 4) is 0 Å². The van der Waals surface area contributed by atoms with E-state index in [1.165, 1.54) is 11.6 Å². The maximum Gasteiger partial charge on any atom is 0.223 e. The van der Waals surface area contributed by atoms with Crippen molar-refractivity contribution in [2.24, 2.45) is 5.41 Å². The molecule has 1 N–H and O–H groups in total. The van der Waals surface area contributed by atoms with Gasteiger partial charge in [0.05, 0.1) is 0 Å². The van der Waals surface area contributed by atoms with Gasteiger partial charge >= 0.3 is 0 Å². The monoisotopic (exact) mass is 422 g/mol. The molecule has 2 aromatic rings. The van der Waals surface area contributed by atoms with E-state index in [4.69, 9.17) is 0 Å². The first-order valence-electron chi connectivity index (χ1n) is 9.84. The van der Waals surface area contributed by atoms with Gasteiger partial charge in [0.25, 0.3) is 0 Å². The molecule has 1 aromatic heterocycles. The molecule has 6 heteroatoms. The van der Waals surface area contributed by atoms with Crippen LogP contribution >= 0.6 is 23.7 Å². The third-order valence-corrected chi connectivity index (χ3v) is 7.01. The molecule has 1 aliphatic heterocycles. The van der Waals surface area contributed by atoms with Crippen LogP contribution in [0.25, 0.3) is 0 Å². The van der Waals surface area contributed by atoms with Crippen LogP contribution in [0.1, 0.15) is 49.7 Å². The number of benzene rings is 1. The third-order valence-electron chi connectivity index (χ3n) is 6.27. The second-order valence-corrected chi connectivity index (χ2v) is 8.93. The highest BCUT2D eigenvalue weighted by Gasteiger charge is 2.57. The first-order valence-corrected chi connectivity index (χ1v) is 10.8. The van der Waals surface area contributed by atoms with Crippen molar-refractivity contribution in [3.05, 3.63) is 58.0 Å². The number of hydrogen-bond donors (Lipinski definition) is 1. The van der Waals surface area contributed by atoms with E-state index in [0.29, 0.717) is 24.4 Å².